The van der Waals surface area contributed by atoms with Crippen molar-refractivity contribution in [1.82, 2.24) is 10.2 Å². The number of sulfonamides is 1. The van der Waals surface area contributed by atoms with Crippen LogP contribution in [-0.4, -0.2) is 57.1 Å². The van der Waals surface area contributed by atoms with Gasteiger partial charge >= 0.3 is 6.18 Å². The summed E-state index contributed by atoms with van der Waals surface area (Å²) < 4.78 is 70.9. The van der Waals surface area contributed by atoms with Crippen molar-refractivity contribution in [3.8, 4) is 5.75 Å². The number of halogens is 3. The van der Waals surface area contributed by atoms with Gasteiger partial charge in [-0.3, -0.25) is 13.9 Å². The maximum Gasteiger partial charge on any atom is 0.416 e. The van der Waals surface area contributed by atoms with Crippen molar-refractivity contribution < 1.29 is 35.9 Å². The zero-order chi connectivity index (χ0) is 30.2. The number of nitrogens with one attached hydrogen (secondary N) is 1. The van der Waals surface area contributed by atoms with Crippen molar-refractivity contribution >= 4 is 27.5 Å². The minimum absolute atomic E-state index is 0.0391. The van der Waals surface area contributed by atoms with Gasteiger partial charge in [-0.2, -0.15) is 13.2 Å². The predicted octanol–water partition coefficient (Wildman–Crippen LogP) is 5.13. The van der Waals surface area contributed by atoms with Crippen molar-refractivity contribution in [2.75, 3.05) is 24.2 Å². The van der Waals surface area contributed by atoms with Crippen molar-refractivity contribution in [3.05, 3.63) is 59.7 Å². The molecule has 226 valence electrons. The summed E-state index contributed by atoms with van der Waals surface area (Å²) in [6, 6.07) is 10.6. The SMILES string of the molecule is CCC(C(=O)NC1CCCC1)N(Cc1cccc(OC)c1)C(=O)CCCN(c1cccc(C(F)(F)F)c1)S(C)(=O)=O. The number of hydrogen-bond acceptors (Lipinski definition) is 5. The van der Waals surface area contributed by atoms with Gasteiger partial charge in [0.15, 0.2) is 0 Å². The van der Waals surface area contributed by atoms with Gasteiger partial charge in [-0.05, 0) is 61.6 Å². The Hall–Kier alpha value is -3.28. The molecule has 0 aromatic heterocycles. The molecule has 2 aromatic carbocycles. The van der Waals surface area contributed by atoms with E-state index in [-0.39, 0.29) is 49.5 Å². The molecule has 0 saturated heterocycles. The number of amides is 2. The van der Waals surface area contributed by atoms with E-state index >= 15 is 0 Å². The summed E-state index contributed by atoms with van der Waals surface area (Å²) in [6.07, 6.45) is 0.432. The number of methoxy groups -OCH3 is 1. The Kier molecular flexibility index (Phi) is 11.1. The van der Waals surface area contributed by atoms with Crippen LogP contribution in [0.3, 0.4) is 0 Å². The summed E-state index contributed by atoms with van der Waals surface area (Å²) in [6.45, 7) is 1.75. The van der Waals surface area contributed by atoms with E-state index in [1.54, 1.807) is 18.2 Å². The monoisotopic (exact) mass is 597 g/mol. The molecule has 12 heteroatoms. The van der Waals surface area contributed by atoms with Gasteiger partial charge in [-0.15, -0.1) is 0 Å². The highest BCUT2D eigenvalue weighted by Gasteiger charge is 2.33. The molecule has 1 fully saturated rings. The molecule has 0 radical (unpaired) electrons. The van der Waals surface area contributed by atoms with Crippen molar-refractivity contribution in [3.63, 3.8) is 0 Å². The molecule has 1 N–H and O–H groups in total. The van der Waals surface area contributed by atoms with Crippen LogP contribution in [0.5, 0.6) is 5.75 Å². The predicted molar refractivity (Wildman–Crippen MR) is 151 cm³/mol. The molecule has 8 nitrogen and oxygen atoms in total. The second-order valence-corrected chi connectivity index (χ2v) is 12.2. The van der Waals surface area contributed by atoms with Gasteiger partial charge in [-0.1, -0.05) is 38.0 Å². The lowest BCUT2D eigenvalue weighted by Gasteiger charge is -2.32. The van der Waals surface area contributed by atoms with Crippen molar-refractivity contribution in [2.45, 2.75) is 76.7 Å². The molecule has 0 bridgehead atoms. The van der Waals surface area contributed by atoms with Crippen LogP contribution in [0.4, 0.5) is 18.9 Å². The van der Waals surface area contributed by atoms with E-state index in [1.807, 2.05) is 13.0 Å². The number of alkyl halides is 3. The largest absolute Gasteiger partial charge is 0.497 e. The fourth-order valence-electron chi connectivity index (χ4n) is 5.10. The molecule has 0 spiro atoms. The zero-order valence-electron chi connectivity index (χ0n) is 23.6. The average Bonchev–Trinajstić information content (AvgIpc) is 3.43. The van der Waals surface area contributed by atoms with E-state index in [0.717, 1.165) is 60.0 Å². The van der Waals surface area contributed by atoms with E-state index in [0.29, 0.717) is 12.2 Å². The van der Waals surface area contributed by atoms with Gasteiger partial charge in [0.25, 0.3) is 0 Å². The molecular weight excluding hydrogens is 559 g/mol. The highest BCUT2D eigenvalue weighted by atomic mass is 32.2. The smallest absolute Gasteiger partial charge is 0.416 e. The lowest BCUT2D eigenvalue weighted by molar-refractivity contribution is -0.141. The van der Waals surface area contributed by atoms with E-state index < -0.39 is 27.8 Å². The molecule has 0 heterocycles. The fraction of sp³-hybridized carbons (Fsp3) is 0.517. The topological polar surface area (TPSA) is 96.0 Å². The van der Waals surface area contributed by atoms with Gasteiger partial charge < -0.3 is 15.0 Å². The zero-order valence-corrected chi connectivity index (χ0v) is 24.4. The summed E-state index contributed by atoms with van der Waals surface area (Å²) in [5.41, 5.74) is -0.347. The van der Waals surface area contributed by atoms with Crippen LogP contribution in [0.25, 0.3) is 0 Å². The Bertz CT molecular complexity index is 1300. The minimum Gasteiger partial charge on any atom is -0.497 e. The lowest BCUT2D eigenvalue weighted by Crippen LogP contribution is -2.51. The second-order valence-electron chi connectivity index (χ2n) is 10.3. The van der Waals surface area contributed by atoms with Gasteiger partial charge in [0, 0.05) is 25.6 Å². The van der Waals surface area contributed by atoms with Gasteiger partial charge in [0.2, 0.25) is 21.8 Å². The molecule has 2 amide bonds. The first-order valence-corrected chi connectivity index (χ1v) is 15.6. The molecule has 41 heavy (non-hydrogen) atoms. The van der Waals surface area contributed by atoms with Crippen LogP contribution in [0.2, 0.25) is 0 Å². The summed E-state index contributed by atoms with van der Waals surface area (Å²) in [5.74, 6) is -0.000606. The first-order valence-electron chi connectivity index (χ1n) is 13.7. The number of hydrogen-bond donors (Lipinski definition) is 1. The van der Waals surface area contributed by atoms with Crippen LogP contribution >= 0.6 is 0 Å². The molecule has 3 rings (SSSR count). The highest BCUT2D eigenvalue weighted by Crippen LogP contribution is 2.32. The first-order chi connectivity index (χ1) is 19.3. The minimum atomic E-state index is -4.63. The molecule has 0 aliphatic heterocycles. The summed E-state index contributed by atoms with van der Waals surface area (Å²) in [4.78, 5) is 28.4. The average molecular weight is 598 g/mol. The number of rotatable bonds is 13. The Morgan fingerprint density at radius 3 is 2.39 bits per heavy atom. The number of anilines is 1. The Labute approximate surface area is 239 Å². The molecule has 1 aliphatic rings. The van der Waals surface area contributed by atoms with Crippen LogP contribution in [0, 0.1) is 0 Å². The van der Waals surface area contributed by atoms with Gasteiger partial charge in [-0.25, -0.2) is 8.42 Å². The Balaban J connectivity index is 1.80. The van der Waals surface area contributed by atoms with Crippen LogP contribution < -0.4 is 14.4 Å². The normalized spacial score (nSPS) is 14.9. The Morgan fingerprint density at radius 2 is 1.78 bits per heavy atom. The first kappa shape index (κ1) is 32.2. The van der Waals surface area contributed by atoms with E-state index in [4.69, 9.17) is 4.74 Å². The van der Waals surface area contributed by atoms with E-state index in [2.05, 4.69) is 5.32 Å². The fourth-order valence-corrected chi connectivity index (χ4v) is 6.05. The van der Waals surface area contributed by atoms with E-state index in [9.17, 15) is 31.2 Å². The molecule has 1 aliphatic carbocycles. The second kappa shape index (κ2) is 14.1. The van der Waals surface area contributed by atoms with Crippen LogP contribution in [-0.2, 0) is 32.3 Å². The maximum absolute atomic E-state index is 13.6. The molecule has 1 saturated carbocycles. The maximum atomic E-state index is 13.6. The summed E-state index contributed by atoms with van der Waals surface area (Å²) in [5, 5.41) is 3.07. The number of ether oxygens (including phenoxy) is 1. The standard InChI is InChI=1S/C29H38F3N3O5S/c1-4-26(28(37)33-23-12-5-6-13-23)34(20-21-10-7-15-25(18-21)40-2)27(36)16-9-17-35(41(3,38)39)24-14-8-11-22(19-24)29(30,31)32/h7-8,10-11,14-15,18-19,23,26H,4-6,9,12-13,16-17,20H2,1-3H3,(H,33,37). The number of benzene rings is 2. The van der Waals surface area contributed by atoms with Crippen molar-refractivity contribution in [1.29, 1.82) is 0 Å². The van der Waals surface area contributed by atoms with Gasteiger partial charge in [0.05, 0.1) is 24.6 Å². The number of carbonyl (C=O) groups excluding carboxylic acids is 2. The van der Waals surface area contributed by atoms with Crippen molar-refractivity contribution in [2.24, 2.45) is 0 Å². The third kappa shape index (κ3) is 9.11. The van der Waals surface area contributed by atoms with Gasteiger partial charge in [0.1, 0.15) is 11.8 Å². The number of nitrogens with zero attached hydrogens (tertiary/aromatic N) is 2. The molecule has 1 atom stereocenters. The molecular formula is C29H38F3N3O5S. The van der Waals surface area contributed by atoms with E-state index in [1.165, 1.54) is 18.1 Å². The third-order valence-corrected chi connectivity index (χ3v) is 8.38. The summed E-state index contributed by atoms with van der Waals surface area (Å²) in [7, 11) is -2.41. The number of carbonyl (C=O) groups is 2. The highest BCUT2D eigenvalue weighted by molar-refractivity contribution is 7.92. The van der Waals surface area contributed by atoms with Crippen LogP contribution in [0.1, 0.15) is 63.0 Å². The third-order valence-electron chi connectivity index (χ3n) is 7.19. The lowest BCUT2D eigenvalue weighted by atomic mass is 10.1. The quantitative estimate of drug-likeness (QED) is 0.346. The summed E-state index contributed by atoms with van der Waals surface area (Å²) >= 11 is 0. The molecule has 2 aromatic rings. The van der Waals surface area contributed by atoms with Crippen LogP contribution in [0.15, 0.2) is 48.5 Å². The Morgan fingerprint density at radius 1 is 1.10 bits per heavy atom. The molecule has 1 unspecified atom stereocenters.